The predicted octanol–water partition coefficient (Wildman–Crippen LogP) is 2.27. The number of carbonyl (C=O) groups excluding carboxylic acids is 1. The number of aliphatic hydroxyl groups excluding tert-OH is 1. The summed E-state index contributed by atoms with van der Waals surface area (Å²) in [7, 11) is 5.58. The van der Waals surface area contributed by atoms with Crippen LogP contribution in [0.5, 0.6) is 11.6 Å². The maximum Gasteiger partial charge on any atom is 0.259 e. The summed E-state index contributed by atoms with van der Waals surface area (Å²) in [5.74, 6) is 7.05. The molecule has 0 fully saturated rings. The molecule has 3 rings (SSSR count). The van der Waals surface area contributed by atoms with Crippen molar-refractivity contribution in [2.45, 2.75) is 26.0 Å². The molecule has 1 aliphatic rings. The fourth-order valence-electron chi connectivity index (χ4n) is 3.59. The lowest BCUT2D eigenvalue weighted by atomic mass is 10.00. The molecule has 32 heavy (non-hydrogen) atoms. The molecule has 1 amide bonds. The Morgan fingerprint density at radius 2 is 2.06 bits per heavy atom. The lowest BCUT2D eigenvalue weighted by Crippen LogP contribution is -2.49. The zero-order chi connectivity index (χ0) is 23.3. The van der Waals surface area contributed by atoms with Gasteiger partial charge in [-0.3, -0.25) is 4.79 Å². The summed E-state index contributed by atoms with van der Waals surface area (Å²) in [6, 6.07) is 8.87. The number of hydrogen-bond donors (Lipinski definition) is 1. The summed E-state index contributed by atoms with van der Waals surface area (Å²) >= 11 is 0. The molecule has 3 atom stereocenters. The summed E-state index contributed by atoms with van der Waals surface area (Å²) in [6.07, 6.45) is 1.48. The predicted molar refractivity (Wildman–Crippen MR) is 123 cm³/mol. The van der Waals surface area contributed by atoms with Crippen LogP contribution in [0.1, 0.15) is 35.3 Å². The molecule has 7 heteroatoms. The first-order chi connectivity index (χ1) is 15.3. The van der Waals surface area contributed by atoms with E-state index in [9.17, 15) is 9.90 Å². The van der Waals surface area contributed by atoms with E-state index in [1.165, 1.54) is 0 Å². The fourth-order valence-corrected chi connectivity index (χ4v) is 3.59. The lowest BCUT2D eigenvalue weighted by molar-refractivity contribution is 0.0348. The first-order valence-electron chi connectivity index (χ1n) is 10.7. The Bertz CT molecular complexity index is 1010. The van der Waals surface area contributed by atoms with Crippen molar-refractivity contribution in [3.63, 3.8) is 0 Å². The molecule has 1 N–H and O–H groups in total. The van der Waals surface area contributed by atoms with Gasteiger partial charge in [-0.15, -0.1) is 0 Å². The van der Waals surface area contributed by atoms with Gasteiger partial charge in [0, 0.05) is 36.3 Å². The van der Waals surface area contributed by atoms with Gasteiger partial charge in [0.25, 0.3) is 5.91 Å². The Morgan fingerprint density at radius 1 is 1.31 bits per heavy atom. The van der Waals surface area contributed by atoms with E-state index in [-0.39, 0.29) is 30.6 Å². The SMILES string of the molecule is COc1cccc(C#Cc2cnc3c(c2)C(=O)N([C@H](C)CO)C[C@H](C)[C@H](CN(C)C)O3)c1. The average molecular weight is 438 g/mol. The summed E-state index contributed by atoms with van der Waals surface area (Å²) in [4.78, 5) is 21.6. The van der Waals surface area contributed by atoms with Crippen molar-refractivity contribution in [2.75, 3.05) is 40.9 Å². The molecule has 1 aromatic heterocycles. The van der Waals surface area contributed by atoms with E-state index >= 15 is 0 Å². The molecule has 0 aliphatic carbocycles. The van der Waals surface area contributed by atoms with Crippen LogP contribution < -0.4 is 9.47 Å². The number of methoxy groups -OCH3 is 1. The van der Waals surface area contributed by atoms with Crippen molar-refractivity contribution in [2.24, 2.45) is 5.92 Å². The van der Waals surface area contributed by atoms with Gasteiger partial charge >= 0.3 is 0 Å². The number of hydrogen-bond acceptors (Lipinski definition) is 6. The highest BCUT2D eigenvalue weighted by atomic mass is 16.5. The normalized spacial score (nSPS) is 19.2. The third-order valence-electron chi connectivity index (χ3n) is 5.49. The largest absolute Gasteiger partial charge is 0.497 e. The molecule has 0 unspecified atom stereocenters. The van der Waals surface area contributed by atoms with Crippen LogP contribution in [0.25, 0.3) is 0 Å². The van der Waals surface area contributed by atoms with Gasteiger partial charge in [-0.25, -0.2) is 4.98 Å². The number of fused-ring (bicyclic) bond motifs is 1. The standard InChI is InChI=1S/C25H31N3O4/c1-17-14-28(18(2)16-29)25(30)22-12-20(10-9-19-7-6-8-21(11-19)31-5)13-26-24(22)32-23(17)15-27(3)4/h6-8,11-13,17-18,23,29H,14-16H2,1-5H3/t17-,18+,23-/m0/s1. The third-order valence-corrected chi connectivity index (χ3v) is 5.49. The minimum absolute atomic E-state index is 0.0674. The van der Waals surface area contributed by atoms with Gasteiger partial charge in [0.1, 0.15) is 17.4 Å². The maximum absolute atomic E-state index is 13.4. The highest BCUT2D eigenvalue weighted by Gasteiger charge is 2.33. The zero-order valence-corrected chi connectivity index (χ0v) is 19.3. The van der Waals surface area contributed by atoms with Crippen molar-refractivity contribution in [1.29, 1.82) is 0 Å². The summed E-state index contributed by atoms with van der Waals surface area (Å²) in [5.41, 5.74) is 1.77. The van der Waals surface area contributed by atoms with Gasteiger partial charge in [-0.05, 0) is 45.3 Å². The Labute approximate surface area is 190 Å². The first kappa shape index (κ1) is 23.6. The Balaban J connectivity index is 2.00. The van der Waals surface area contributed by atoms with Crippen LogP contribution in [0.2, 0.25) is 0 Å². The smallest absolute Gasteiger partial charge is 0.259 e. The maximum atomic E-state index is 13.4. The number of pyridine rings is 1. The molecule has 0 bridgehead atoms. The second-order valence-electron chi connectivity index (χ2n) is 8.44. The molecule has 0 radical (unpaired) electrons. The van der Waals surface area contributed by atoms with Gasteiger partial charge in [0.2, 0.25) is 5.88 Å². The van der Waals surface area contributed by atoms with Crippen molar-refractivity contribution in [3.8, 4) is 23.5 Å². The van der Waals surface area contributed by atoms with E-state index < -0.39 is 0 Å². The monoisotopic (exact) mass is 437 g/mol. The number of ether oxygens (including phenoxy) is 2. The topological polar surface area (TPSA) is 75.1 Å². The minimum Gasteiger partial charge on any atom is -0.497 e. The molecule has 0 spiro atoms. The number of likely N-dealkylation sites (N-methyl/N-ethyl adjacent to an activating group) is 1. The number of aliphatic hydroxyl groups is 1. The number of aromatic nitrogens is 1. The van der Waals surface area contributed by atoms with Crippen LogP contribution in [0.15, 0.2) is 36.5 Å². The third kappa shape index (κ3) is 5.58. The second-order valence-corrected chi connectivity index (χ2v) is 8.44. The molecular formula is C25H31N3O4. The summed E-state index contributed by atoms with van der Waals surface area (Å²) in [6.45, 7) is 4.95. The Morgan fingerprint density at radius 3 is 2.75 bits per heavy atom. The van der Waals surface area contributed by atoms with Gasteiger partial charge < -0.3 is 24.4 Å². The number of nitrogens with zero attached hydrogens (tertiary/aromatic N) is 3. The van der Waals surface area contributed by atoms with Crippen LogP contribution >= 0.6 is 0 Å². The minimum atomic E-state index is -0.317. The molecule has 1 aliphatic heterocycles. The quantitative estimate of drug-likeness (QED) is 0.724. The Kier molecular flexibility index (Phi) is 7.73. The van der Waals surface area contributed by atoms with Crippen LogP contribution in [0.4, 0.5) is 0 Å². The number of carbonyl (C=O) groups is 1. The van der Waals surface area contributed by atoms with E-state index in [0.29, 0.717) is 30.1 Å². The van der Waals surface area contributed by atoms with Crippen LogP contribution in [-0.4, -0.2) is 78.8 Å². The number of amides is 1. The van der Waals surface area contributed by atoms with Crippen molar-refractivity contribution in [1.82, 2.24) is 14.8 Å². The first-order valence-corrected chi connectivity index (χ1v) is 10.7. The average Bonchev–Trinajstić information content (AvgIpc) is 2.79. The van der Waals surface area contributed by atoms with E-state index in [1.54, 1.807) is 24.3 Å². The highest BCUT2D eigenvalue weighted by Crippen LogP contribution is 2.27. The van der Waals surface area contributed by atoms with E-state index in [2.05, 4.69) is 28.6 Å². The molecule has 2 aromatic rings. The molecular weight excluding hydrogens is 406 g/mol. The van der Waals surface area contributed by atoms with Crippen molar-refractivity contribution >= 4 is 5.91 Å². The molecule has 0 saturated carbocycles. The van der Waals surface area contributed by atoms with Gasteiger partial charge in [-0.2, -0.15) is 0 Å². The number of rotatable bonds is 5. The van der Waals surface area contributed by atoms with Crippen LogP contribution in [-0.2, 0) is 0 Å². The molecule has 1 aromatic carbocycles. The Hall–Kier alpha value is -3.08. The van der Waals surface area contributed by atoms with Gasteiger partial charge in [0.05, 0.1) is 19.8 Å². The highest BCUT2D eigenvalue weighted by molar-refractivity contribution is 5.97. The van der Waals surface area contributed by atoms with Gasteiger partial charge in [-0.1, -0.05) is 24.8 Å². The lowest BCUT2D eigenvalue weighted by Gasteiger charge is -2.37. The molecule has 170 valence electrons. The van der Waals surface area contributed by atoms with E-state index in [0.717, 1.165) is 11.3 Å². The second kappa shape index (κ2) is 10.5. The van der Waals surface area contributed by atoms with Crippen molar-refractivity contribution in [3.05, 3.63) is 53.2 Å². The summed E-state index contributed by atoms with van der Waals surface area (Å²) in [5, 5.41) is 9.74. The molecule has 2 heterocycles. The zero-order valence-electron chi connectivity index (χ0n) is 19.3. The summed E-state index contributed by atoms with van der Waals surface area (Å²) < 4.78 is 11.5. The molecule has 7 nitrogen and oxygen atoms in total. The molecule has 0 saturated heterocycles. The van der Waals surface area contributed by atoms with Gasteiger partial charge in [0.15, 0.2) is 0 Å². The van der Waals surface area contributed by atoms with Crippen LogP contribution in [0, 0.1) is 17.8 Å². The van der Waals surface area contributed by atoms with Crippen molar-refractivity contribution < 1.29 is 19.4 Å². The number of benzene rings is 1. The van der Waals surface area contributed by atoms with E-state index in [1.807, 2.05) is 45.3 Å². The van der Waals surface area contributed by atoms with Crippen LogP contribution in [0.3, 0.4) is 0 Å². The van der Waals surface area contributed by atoms with E-state index in [4.69, 9.17) is 9.47 Å². The fraction of sp³-hybridized carbons (Fsp3) is 0.440.